The van der Waals surface area contributed by atoms with Gasteiger partial charge in [-0.15, -0.1) is 0 Å². The summed E-state index contributed by atoms with van der Waals surface area (Å²) < 4.78 is 79.4. The molecule has 1 heterocycles. The summed E-state index contributed by atoms with van der Waals surface area (Å²) in [6, 6.07) is 8.88. The molecular formula is C19H18F4N4O4S. The van der Waals surface area contributed by atoms with E-state index in [1.165, 1.54) is 24.3 Å². The van der Waals surface area contributed by atoms with E-state index in [2.05, 4.69) is 15.5 Å². The molecule has 0 aliphatic carbocycles. The zero-order chi connectivity index (χ0) is 23.4. The normalized spacial score (nSPS) is 14.9. The second kappa shape index (κ2) is 9.44. The SMILES string of the molecule is O=C(Nc1ccc(F)cc1)ONC1=CCN(S(=O)(=O)Nc2cccc(C(F)(F)F)c2)CC1. The monoisotopic (exact) mass is 474 g/mol. The highest BCUT2D eigenvalue weighted by atomic mass is 32.2. The number of halogens is 4. The highest BCUT2D eigenvalue weighted by Crippen LogP contribution is 2.31. The van der Waals surface area contributed by atoms with Crippen molar-refractivity contribution in [3.8, 4) is 0 Å². The van der Waals surface area contributed by atoms with Crippen LogP contribution in [0.1, 0.15) is 12.0 Å². The van der Waals surface area contributed by atoms with Gasteiger partial charge in [-0.25, -0.2) is 14.7 Å². The molecule has 3 rings (SSSR count). The molecule has 3 N–H and O–H groups in total. The lowest BCUT2D eigenvalue weighted by molar-refractivity contribution is -0.137. The zero-order valence-corrected chi connectivity index (χ0v) is 17.1. The number of carbonyl (C=O) groups excluding carboxylic acids is 1. The molecule has 0 unspecified atom stereocenters. The second-order valence-corrected chi connectivity index (χ2v) is 8.32. The number of anilines is 2. The number of carbonyl (C=O) groups is 1. The predicted octanol–water partition coefficient (Wildman–Crippen LogP) is 3.84. The maximum atomic E-state index is 12.9. The van der Waals surface area contributed by atoms with Crippen LogP contribution in [0.15, 0.2) is 60.3 Å². The van der Waals surface area contributed by atoms with Crippen LogP contribution in [0.25, 0.3) is 0 Å². The number of hydrogen-bond donors (Lipinski definition) is 3. The summed E-state index contributed by atoms with van der Waals surface area (Å²) in [5.74, 6) is -0.462. The lowest BCUT2D eigenvalue weighted by atomic mass is 10.2. The average Bonchev–Trinajstić information content (AvgIpc) is 2.73. The Morgan fingerprint density at radius 3 is 2.41 bits per heavy atom. The molecule has 0 bridgehead atoms. The molecule has 0 spiro atoms. The Labute approximate surface area is 181 Å². The molecule has 13 heteroatoms. The van der Waals surface area contributed by atoms with Crippen molar-refractivity contribution >= 4 is 27.7 Å². The minimum atomic E-state index is -4.60. The van der Waals surface area contributed by atoms with Gasteiger partial charge in [0, 0.05) is 30.9 Å². The van der Waals surface area contributed by atoms with E-state index in [-0.39, 0.29) is 25.2 Å². The molecule has 32 heavy (non-hydrogen) atoms. The molecule has 0 radical (unpaired) electrons. The number of amides is 1. The van der Waals surface area contributed by atoms with Crippen molar-refractivity contribution in [2.24, 2.45) is 0 Å². The number of hydrogen-bond acceptors (Lipinski definition) is 5. The van der Waals surface area contributed by atoms with Crippen molar-refractivity contribution in [1.29, 1.82) is 0 Å². The highest BCUT2D eigenvalue weighted by molar-refractivity contribution is 7.90. The van der Waals surface area contributed by atoms with Crippen molar-refractivity contribution in [2.45, 2.75) is 12.6 Å². The number of benzene rings is 2. The predicted molar refractivity (Wildman–Crippen MR) is 108 cm³/mol. The van der Waals surface area contributed by atoms with Crippen LogP contribution < -0.4 is 15.5 Å². The number of alkyl halides is 3. The van der Waals surface area contributed by atoms with Gasteiger partial charge in [0.2, 0.25) is 0 Å². The zero-order valence-electron chi connectivity index (χ0n) is 16.3. The minimum absolute atomic E-state index is 0.00390. The highest BCUT2D eigenvalue weighted by Gasteiger charge is 2.31. The van der Waals surface area contributed by atoms with Crippen LogP contribution in [0.2, 0.25) is 0 Å². The molecular weight excluding hydrogens is 456 g/mol. The quantitative estimate of drug-likeness (QED) is 0.436. The first-order valence-corrected chi connectivity index (χ1v) is 10.6. The van der Waals surface area contributed by atoms with Gasteiger partial charge in [0.05, 0.1) is 11.3 Å². The number of hydroxylamine groups is 1. The summed E-state index contributed by atoms with van der Waals surface area (Å²) >= 11 is 0. The second-order valence-electron chi connectivity index (χ2n) is 6.65. The van der Waals surface area contributed by atoms with Gasteiger partial charge < -0.3 is 4.84 Å². The maximum Gasteiger partial charge on any atom is 0.435 e. The first-order valence-electron chi connectivity index (χ1n) is 9.16. The molecule has 0 aromatic heterocycles. The molecule has 0 saturated heterocycles. The lowest BCUT2D eigenvalue weighted by Crippen LogP contribution is -2.40. The summed E-state index contributed by atoms with van der Waals surface area (Å²) in [6.45, 7) is -0.102. The third-order valence-electron chi connectivity index (χ3n) is 4.31. The van der Waals surface area contributed by atoms with Crippen molar-refractivity contribution in [3.63, 3.8) is 0 Å². The van der Waals surface area contributed by atoms with Crippen LogP contribution in [0.4, 0.5) is 33.7 Å². The van der Waals surface area contributed by atoms with Crippen LogP contribution in [0.3, 0.4) is 0 Å². The van der Waals surface area contributed by atoms with Gasteiger partial charge in [0.1, 0.15) is 5.82 Å². The van der Waals surface area contributed by atoms with E-state index in [1.54, 1.807) is 0 Å². The van der Waals surface area contributed by atoms with Gasteiger partial charge in [0.25, 0.3) is 0 Å². The molecule has 1 aliphatic heterocycles. The first-order chi connectivity index (χ1) is 15.0. The van der Waals surface area contributed by atoms with Crippen LogP contribution in [-0.4, -0.2) is 31.9 Å². The fourth-order valence-corrected chi connectivity index (χ4v) is 3.88. The lowest BCUT2D eigenvalue weighted by Gasteiger charge is -2.26. The van der Waals surface area contributed by atoms with Crippen molar-refractivity contribution < 1.29 is 35.6 Å². The van der Waals surface area contributed by atoms with E-state index >= 15 is 0 Å². The molecule has 8 nitrogen and oxygen atoms in total. The van der Waals surface area contributed by atoms with E-state index in [1.807, 2.05) is 0 Å². The molecule has 2 aromatic rings. The number of rotatable bonds is 6. The van der Waals surface area contributed by atoms with Crippen LogP contribution in [0.5, 0.6) is 0 Å². The van der Waals surface area contributed by atoms with Crippen molar-refractivity contribution in [1.82, 2.24) is 9.79 Å². The molecule has 2 aromatic carbocycles. The van der Waals surface area contributed by atoms with E-state index in [0.717, 1.165) is 28.6 Å². The average molecular weight is 474 g/mol. The third-order valence-corrected chi connectivity index (χ3v) is 5.82. The number of nitrogens with zero attached hydrogens (tertiary/aromatic N) is 1. The molecule has 1 aliphatic rings. The molecule has 172 valence electrons. The summed E-state index contributed by atoms with van der Waals surface area (Å²) in [6.07, 6.45) is -3.84. The Morgan fingerprint density at radius 1 is 1.06 bits per heavy atom. The van der Waals surface area contributed by atoms with Gasteiger partial charge >= 0.3 is 22.5 Å². The van der Waals surface area contributed by atoms with Crippen molar-refractivity contribution in [2.75, 3.05) is 23.1 Å². The van der Waals surface area contributed by atoms with Gasteiger partial charge in [-0.2, -0.15) is 25.9 Å². The Bertz CT molecular complexity index is 1110. The van der Waals surface area contributed by atoms with Gasteiger partial charge in [-0.1, -0.05) is 6.07 Å². The van der Waals surface area contributed by atoms with Crippen molar-refractivity contribution in [3.05, 3.63) is 71.7 Å². The topological polar surface area (TPSA) is 99.8 Å². The Hall–Kier alpha value is -3.32. The smallest absolute Gasteiger partial charge is 0.324 e. The Morgan fingerprint density at radius 2 is 1.78 bits per heavy atom. The van der Waals surface area contributed by atoms with Crippen LogP contribution >= 0.6 is 0 Å². The summed E-state index contributed by atoms with van der Waals surface area (Å²) in [4.78, 5) is 16.6. The van der Waals surface area contributed by atoms with E-state index in [4.69, 9.17) is 4.84 Å². The first kappa shape index (κ1) is 23.3. The number of nitrogens with one attached hydrogen (secondary N) is 3. The van der Waals surface area contributed by atoms with Crippen LogP contribution in [-0.2, 0) is 21.2 Å². The fraction of sp³-hybridized carbons (Fsp3) is 0.211. The molecule has 0 atom stereocenters. The Balaban J connectivity index is 1.52. The summed E-state index contributed by atoms with van der Waals surface area (Å²) in [7, 11) is -4.10. The van der Waals surface area contributed by atoms with Crippen LogP contribution in [0, 0.1) is 5.82 Å². The third kappa shape index (κ3) is 6.34. The van der Waals surface area contributed by atoms with E-state index in [0.29, 0.717) is 17.5 Å². The fourth-order valence-electron chi connectivity index (χ4n) is 2.72. The van der Waals surface area contributed by atoms with E-state index < -0.39 is 33.9 Å². The molecule has 1 amide bonds. The standard InChI is InChI=1S/C19H18F4N4O4S/c20-14-4-6-15(7-5-14)24-18(28)31-25-16-8-10-27(11-9-16)32(29,30)26-17-3-1-2-13(12-17)19(21,22)23/h1-8,12,25-26H,9-11H2,(H,24,28). The Kier molecular flexibility index (Phi) is 6.89. The van der Waals surface area contributed by atoms with Gasteiger partial charge in [-0.05, 0) is 48.5 Å². The minimum Gasteiger partial charge on any atom is -0.324 e. The van der Waals surface area contributed by atoms with E-state index in [9.17, 15) is 30.8 Å². The summed E-state index contributed by atoms with van der Waals surface area (Å²) in [5, 5.41) is 2.37. The largest absolute Gasteiger partial charge is 0.435 e. The maximum absolute atomic E-state index is 12.9. The molecule has 0 fully saturated rings. The van der Waals surface area contributed by atoms with Gasteiger partial charge in [-0.3, -0.25) is 10.0 Å². The summed E-state index contributed by atoms with van der Waals surface area (Å²) in [5.41, 5.74) is 1.97. The molecule has 0 saturated carbocycles. The van der Waals surface area contributed by atoms with Gasteiger partial charge in [0.15, 0.2) is 0 Å².